The van der Waals surface area contributed by atoms with Gasteiger partial charge in [0.05, 0.1) is 0 Å². The highest BCUT2D eigenvalue weighted by atomic mass is 35.5. The van der Waals surface area contributed by atoms with Crippen LogP contribution in [0.4, 0.5) is 0 Å². The Morgan fingerprint density at radius 3 is 2.76 bits per heavy atom. The second-order valence-electron chi connectivity index (χ2n) is 4.79. The second kappa shape index (κ2) is 4.71. The molecule has 1 aromatic carbocycles. The van der Waals surface area contributed by atoms with Gasteiger partial charge in [0.25, 0.3) is 0 Å². The molecule has 0 atom stereocenters. The highest BCUT2D eigenvalue weighted by Crippen LogP contribution is 2.35. The van der Waals surface area contributed by atoms with Crippen LogP contribution in [0.3, 0.4) is 0 Å². The second-order valence-corrected chi connectivity index (χ2v) is 4.79. The van der Waals surface area contributed by atoms with Gasteiger partial charge in [-0.15, -0.1) is 12.4 Å². The lowest BCUT2D eigenvalue weighted by atomic mass is 9.89. The average Bonchev–Trinajstić information content (AvgIpc) is 2.31. The Morgan fingerprint density at radius 2 is 2.00 bits per heavy atom. The summed E-state index contributed by atoms with van der Waals surface area (Å²) in [6, 6.07) is 6.39. The predicted octanol–water partition coefficient (Wildman–Crippen LogP) is 2.94. The minimum atomic E-state index is -0.0481. The Kier molecular flexibility index (Phi) is 3.45. The zero-order valence-electron chi connectivity index (χ0n) is 10.0. The molecule has 1 aromatic rings. The number of halogens is 1. The highest BCUT2D eigenvalue weighted by Gasteiger charge is 2.33. The fourth-order valence-electron chi connectivity index (χ4n) is 2.50. The Labute approximate surface area is 108 Å². The van der Waals surface area contributed by atoms with Crippen LogP contribution >= 0.6 is 12.4 Å². The normalized spacial score (nSPS) is 20.3. The number of ether oxygens (including phenoxy) is 1. The fraction of sp³-hybridized carbons (Fsp3) is 0.429. The summed E-state index contributed by atoms with van der Waals surface area (Å²) in [6.45, 7) is 4.21. The standard InChI is InChI=1S/C14H17NO.ClH/c1-11-2-3-13-12(10-11)4-5-14(16-13)6-8-15-9-7-14;/h2-5,10,15H,6-9H2,1H3;1H. The molecule has 3 heteroatoms. The Bertz CT molecular complexity index is 436. The first-order chi connectivity index (χ1) is 7.77. The molecule has 1 fully saturated rings. The molecule has 2 aliphatic rings. The summed E-state index contributed by atoms with van der Waals surface area (Å²) in [5.74, 6) is 1.04. The third-order valence-electron chi connectivity index (χ3n) is 3.50. The molecule has 0 aliphatic carbocycles. The Balaban J connectivity index is 0.00000108. The van der Waals surface area contributed by atoms with Crippen LogP contribution in [-0.2, 0) is 0 Å². The van der Waals surface area contributed by atoms with Crippen LogP contribution < -0.4 is 10.1 Å². The number of piperidine rings is 1. The summed E-state index contributed by atoms with van der Waals surface area (Å²) in [5.41, 5.74) is 2.45. The van der Waals surface area contributed by atoms with E-state index in [0.29, 0.717) is 0 Å². The van der Waals surface area contributed by atoms with Crippen LogP contribution in [0.2, 0.25) is 0 Å². The molecule has 92 valence electrons. The molecule has 0 bridgehead atoms. The first-order valence-corrected chi connectivity index (χ1v) is 5.97. The fourth-order valence-corrected chi connectivity index (χ4v) is 2.50. The van der Waals surface area contributed by atoms with Crippen molar-refractivity contribution < 1.29 is 4.74 Å². The molecule has 2 nitrogen and oxygen atoms in total. The van der Waals surface area contributed by atoms with E-state index in [4.69, 9.17) is 4.74 Å². The molecule has 2 heterocycles. The van der Waals surface area contributed by atoms with E-state index in [9.17, 15) is 0 Å². The van der Waals surface area contributed by atoms with E-state index in [0.717, 1.165) is 31.7 Å². The minimum Gasteiger partial charge on any atom is -0.482 e. The van der Waals surface area contributed by atoms with Gasteiger partial charge in [-0.3, -0.25) is 0 Å². The Hall–Kier alpha value is -0.990. The van der Waals surface area contributed by atoms with Crippen molar-refractivity contribution in [2.45, 2.75) is 25.4 Å². The molecular formula is C14H18ClNO. The molecule has 1 saturated heterocycles. The third-order valence-corrected chi connectivity index (χ3v) is 3.50. The molecule has 0 aromatic heterocycles. The molecule has 0 saturated carbocycles. The maximum atomic E-state index is 6.19. The zero-order chi connectivity index (χ0) is 11.0. The maximum Gasteiger partial charge on any atom is 0.130 e. The number of hydrogen-bond acceptors (Lipinski definition) is 2. The van der Waals surface area contributed by atoms with Crippen molar-refractivity contribution in [2.24, 2.45) is 0 Å². The van der Waals surface area contributed by atoms with Crippen molar-refractivity contribution in [2.75, 3.05) is 13.1 Å². The lowest BCUT2D eigenvalue weighted by Gasteiger charge is -2.38. The first kappa shape index (κ1) is 12.5. The number of nitrogens with one attached hydrogen (secondary N) is 1. The van der Waals surface area contributed by atoms with Crippen molar-refractivity contribution in [1.82, 2.24) is 5.32 Å². The first-order valence-electron chi connectivity index (χ1n) is 5.97. The van der Waals surface area contributed by atoms with Gasteiger partial charge >= 0.3 is 0 Å². The van der Waals surface area contributed by atoms with Crippen LogP contribution in [0.1, 0.15) is 24.0 Å². The zero-order valence-corrected chi connectivity index (χ0v) is 10.8. The lowest BCUT2D eigenvalue weighted by Crippen LogP contribution is -2.45. The van der Waals surface area contributed by atoms with Gasteiger partial charge in [0.2, 0.25) is 0 Å². The monoisotopic (exact) mass is 251 g/mol. The van der Waals surface area contributed by atoms with Gasteiger partial charge in [-0.1, -0.05) is 17.7 Å². The quantitative estimate of drug-likeness (QED) is 0.766. The van der Waals surface area contributed by atoms with Crippen molar-refractivity contribution in [3.05, 3.63) is 35.4 Å². The van der Waals surface area contributed by atoms with E-state index in [1.165, 1.54) is 11.1 Å². The van der Waals surface area contributed by atoms with Crippen LogP contribution in [0.25, 0.3) is 6.08 Å². The van der Waals surface area contributed by atoms with Crippen LogP contribution in [0.5, 0.6) is 5.75 Å². The average molecular weight is 252 g/mol. The van der Waals surface area contributed by atoms with Gasteiger partial charge in [0.15, 0.2) is 0 Å². The lowest BCUT2D eigenvalue weighted by molar-refractivity contribution is 0.0823. The summed E-state index contributed by atoms with van der Waals surface area (Å²) >= 11 is 0. The number of benzene rings is 1. The van der Waals surface area contributed by atoms with E-state index in [1.54, 1.807) is 0 Å². The van der Waals surface area contributed by atoms with E-state index >= 15 is 0 Å². The topological polar surface area (TPSA) is 21.3 Å². The summed E-state index contributed by atoms with van der Waals surface area (Å²) in [5, 5.41) is 3.38. The molecule has 0 amide bonds. The van der Waals surface area contributed by atoms with Gasteiger partial charge in [-0.2, -0.15) is 0 Å². The van der Waals surface area contributed by atoms with Gasteiger partial charge in [-0.25, -0.2) is 0 Å². The van der Waals surface area contributed by atoms with Crippen molar-refractivity contribution >= 4 is 18.5 Å². The number of hydrogen-bond donors (Lipinski definition) is 1. The molecule has 0 unspecified atom stereocenters. The Morgan fingerprint density at radius 1 is 1.24 bits per heavy atom. The third kappa shape index (κ3) is 2.33. The van der Waals surface area contributed by atoms with Crippen molar-refractivity contribution in [3.63, 3.8) is 0 Å². The smallest absolute Gasteiger partial charge is 0.130 e. The molecule has 17 heavy (non-hydrogen) atoms. The van der Waals surface area contributed by atoms with Crippen molar-refractivity contribution in [3.8, 4) is 5.75 Å². The summed E-state index contributed by atoms with van der Waals surface area (Å²) < 4.78 is 6.19. The number of rotatable bonds is 0. The summed E-state index contributed by atoms with van der Waals surface area (Å²) in [6.07, 6.45) is 6.60. The highest BCUT2D eigenvalue weighted by molar-refractivity contribution is 5.85. The molecule has 1 N–H and O–H groups in total. The van der Waals surface area contributed by atoms with Gasteiger partial charge in [0.1, 0.15) is 11.4 Å². The molecule has 1 spiro atoms. The summed E-state index contributed by atoms with van der Waals surface area (Å²) in [7, 11) is 0. The molecular weight excluding hydrogens is 234 g/mol. The SMILES string of the molecule is Cc1ccc2c(c1)C=CC1(CCNCC1)O2.Cl. The number of fused-ring (bicyclic) bond motifs is 1. The van der Waals surface area contributed by atoms with Gasteiger partial charge in [0, 0.05) is 18.4 Å². The molecule has 3 rings (SSSR count). The van der Waals surface area contributed by atoms with E-state index in [-0.39, 0.29) is 18.0 Å². The van der Waals surface area contributed by atoms with E-state index in [1.807, 2.05) is 0 Å². The summed E-state index contributed by atoms with van der Waals surface area (Å²) in [4.78, 5) is 0. The van der Waals surface area contributed by atoms with E-state index in [2.05, 4.69) is 42.6 Å². The maximum absolute atomic E-state index is 6.19. The van der Waals surface area contributed by atoms with Crippen molar-refractivity contribution in [1.29, 1.82) is 0 Å². The van der Waals surface area contributed by atoms with Gasteiger partial charge < -0.3 is 10.1 Å². The van der Waals surface area contributed by atoms with Gasteiger partial charge in [-0.05, 0) is 38.2 Å². The van der Waals surface area contributed by atoms with Crippen LogP contribution in [-0.4, -0.2) is 18.7 Å². The van der Waals surface area contributed by atoms with Crippen LogP contribution in [0, 0.1) is 6.92 Å². The predicted molar refractivity (Wildman–Crippen MR) is 72.9 cm³/mol. The number of aryl methyl sites for hydroxylation is 1. The molecule has 2 aliphatic heterocycles. The minimum absolute atomic E-state index is 0. The van der Waals surface area contributed by atoms with E-state index < -0.39 is 0 Å². The van der Waals surface area contributed by atoms with Crippen LogP contribution in [0.15, 0.2) is 24.3 Å². The largest absolute Gasteiger partial charge is 0.482 e. The molecule has 0 radical (unpaired) electrons.